The summed E-state index contributed by atoms with van der Waals surface area (Å²) in [5.74, 6) is -0.640. The lowest BCUT2D eigenvalue weighted by Gasteiger charge is -2.18. The molecule has 2 aliphatic carbocycles. The maximum atomic E-state index is 14.8. The number of anilines is 3. The van der Waals surface area contributed by atoms with Gasteiger partial charge in [-0.3, -0.25) is 25.1 Å². The van der Waals surface area contributed by atoms with Crippen molar-refractivity contribution >= 4 is 40.9 Å². The number of aromatic nitrogens is 6. The number of hydrogen-bond donors (Lipinski definition) is 2. The summed E-state index contributed by atoms with van der Waals surface area (Å²) in [6.07, 6.45) is 9.24. The summed E-state index contributed by atoms with van der Waals surface area (Å²) >= 11 is 0. The van der Waals surface area contributed by atoms with Crippen LogP contribution >= 0.6 is 0 Å². The van der Waals surface area contributed by atoms with Crippen LogP contribution in [0.5, 0.6) is 0 Å². The van der Waals surface area contributed by atoms with Crippen molar-refractivity contribution in [1.29, 1.82) is 0 Å². The number of carbonyl (C=O) groups excluding carboxylic acids is 3. The van der Waals surface area contributed by atoms with Crippen LogP contribution in [0.3, 0.4) is 0 Å². The molecule has 0 unspecified atom stereocenters. The van der Waals surface area contributed by atoms with Gasteiger partial charge in [-0.1, -0.05) is 0 Å². The van der Waals surface area contributed by atoms with Crippen LogP contribution in [0.1, 0.15) is 53.9 Å². The number of aryl methyl sites for hydroxylation is 1. The first-order chi connectivity index (χ1) is 20.2. The summed E-state index contributed by atoms with van der Waals surface area (Å²) in [5, 5.41) is 5.01. The summed E-state index contributed by atoms with van der Waals surface area (Å²) < 4.78 is 16.7. The maximum Gasteiger partial charge on any atom is 0.329 e. The Morgan fingerprint density at radius 1 is 1.19 bits per heavy atom. The van der Waals surface area contributed by atoms with Gasteiger partial charge in [-0.05, 0) is 49.8 Å². The van der Waals surface area contributed by atoms with E-state index in [0.717, 1.165) is 30.3 Å². The second-order valence-corrected chi connectivity index (χ2v) is 11.1. The molecule has 0 aromatic carbocycles. The highest BCUT2D eigenvalue weighted by atomic mass is 19.1. The zero-order valence-electron chi connectivity index (χ0n) is 22.9. The fourth-order valence-electron chi connectivity index (χ4n) is 5.33. The average Bonchev–Trinajstić information content (AvgIpc) is 3.88. The van der Waals surface area contributed by atoms with E-state index in [9.17, 15) is 18.8 Å². The summed E-state index contributed by atoms with van der Waals surface area (Å²) in [6, 6.07) is 3.23. The van der Waals surface area contributed by atoms with Gasteiger partial charge >= 0.3 is 6.03 Å². The molecule has 42 heavy (non-hydrogen) atoms. The Balaban J connectivity index is 1.10. The molecule has 5 heterocycles. The lowest BCUT2D eigenvalue weighted by atomic mass is 10.1. The van der Waals surface area contributed by atoms with Crippen molar-refractivity contribution in [2.75, 3.05) is 28.7 Å². The zero-order chi connectivity index (χ0) is 29.1. The summed E-state index contributed by atoms with van der Waals surface area (Å²) in [4.78, 5) is 61.8. The Morgan fingerprint density at radius 2 is 2.02 bits per heavy atom. The van der Waals surface area contributed by atoms with Crippen LogP contribution in [0.25, 0.3) is 5.65 Å². The largest absolute Gasteiger partial charge is 0.351 e. The Labute approximate surface area is 239 Å². The molecule has 14 heteroatoms. The minimum absolute atomic E-state index is 0.00450. The third-order valence-corrected chi connectivity index (χ3v) is 7.73. The third-order valence-electron chi connectivity index (χ3n) is 7.73. The van der Waals surface area contributed by atoms with Gasteiger partial charge in [0.25, 0.3) is 0 Å². The Morgan fingerprint density at radius 3 is 2.76 bits per heavy atom. The van der Waals surface area contributed by atoms with Gasteiger partial charge in [0.15, 0.2) is 17.3 Å². The van der Waals surface area contributed by atoms with Crippen LogP contribution in [0.15, 0.2) is 36.9 Å². The molecule has 0 radical (unpaired) electrons. The monoisotopic (exact) mass is 570 g/mol. The molecule has 2 saturated carbocycles. The van der Waals surface area contributed by atoms with Crippen LogP contribution in [0, 0.1) is 18.7 Å². The number of hydrogen-bond acceptors (Lipinski definition) is 9. The van der Waals surface area contributed by atoms with Gasteiger partial charge in [0.1, 0.15) is 12.4 Å². The molecular weight excluding hydrogens is 543 g/mol. The highest BCUT2D eigenvalue weighted by Crippen LogP contribution is 2.46. The topological polar surface area (TPSA) is 151 Å². The molecule has 13 nitrogen and oxygen atoms in total. The molecule has 7 rings (SSSR count). The molecule has 1 saturated heterocycles. The maximum absolute atomic E-state index is 14.8. The number of fused-ring (bicyclic) bond motifs is 1. The van der Waals surface area contributed by atoms with E-state index in [0.29, 0.717) is 35.2 Å². The highest BCUT2D eigenvalue weighted by molar-refractivity contribution is 6.13. The number of carbonyl (C=O) groups is 3. The van der Waals surface area contributed by atoms with Gasteiger partial charge in [0.05, 0.1) is 24.1 Å². The SMILES string of the molecule is Cc1ccnc([C@H]2C[C@@H]2C(=O)Nc2ncc(F)c(N(C)Cc3cn4cc(C5CC5)cc(N5CC(=O)NC5=O)c4n3)n2)n1. The Hall–Kier alpha value is -5.01. The minimum atomic E-state index is -0.652. The van der Waals surface area contributed by atoms with Gasteiger partial charge < -0.3 is 9.30 Å². The lowest BCUT2D eigenvalue weighted by Crippen LogP contribution is -2.28. The van der Waals surface area contributed by atoms with E-state index in [-0.39, 0.29) is 48.5 Å². The second kappa shape index (κ2) is 9.82. The zero-order valence-corrected chi connectivity index (χ0v) is 22.9. The van der Waals surface area contributed by atoms with Crippen LogP contribution in [-0.4, -0.2) is 60.8 Å². The Kier molecular flexibility index (Phi) is 6.06. The van der Waals surface area contributed by atoms with Crippen molar-refractivity contribution in [2.45, 2.75) is 44.6 Å². The van der Waals surface area contributed by atoms with Crippen molar-refractivity contribution in [1.82, 2.24) is 34.6 Å². The molecule has 2 N–H and O–H groups in total. The van der Waals surface area contributed by atoms with E-state index >= 15 is 0 Å². The molecule has 4 amide bonds. The molecule has 4 aromatic heterocycles. The van der Waals surface area contributed by atoms with Crippen molar-refractivity contribution in [3.63, 3.8) is 0 Å². The second-order valence-electron chi connectivity index (χ2n) is 11.1. The number of nitrogens with zero attached hydrogens (tertiary/aromatic N) is 8. The minimum Gasteiger partial charge on any atom is -0.351 e. The smallest absolute Gasteiger partial charge is 0.329 e. The molecule has 0 bridgehead atoms. The van der Waals surface area contributed by atoms with Gasteiger partial charge in [-0.25, -0.2) is 29.1 Å². The number of amides is 4. The standard InChI is InChI=1S/C28H27FN10O3/c1-14-5-6-30-23(32-14)18-8-19(18)26(41)36-27-31-9-20(29)24(35-27)37(2)11-17-12-38-10-16(15-3-4-15)7-21(25(38)33-17)39-13-22(40)34-28(39)42/h5-7,9-10,12,15,18-19H,3-4,8,11,13H2,1-2H3,(H,34,40,42)(H,31,35,36,41)/t18-,19-/m0/s1. The van der Waals surface area contributed by atoms with Gasteiger partial charge in [0.2, 0.25) is 17.8 Å². The van der Waals surface area contributed by atoms with E-state index < -0.39 is 11.8 Å². The molecule has 3 fully saturated rings. The number of urea groups is 1. The molecular formula is C28H27FN10O3. The molecule has 4 aromatic rings. The van der Waals surface area contributed by atoms with Gasteiger partial charge in [-0.2, -0.15) is 4.98 Å². The fraction of sp³-hybridized carbons (Fsp3) is 0.357. The first-order valence-corrected chi connectivity index (χ1v) is 13.7. The number of imide groups is 1. The average molecular weight is 571 g/mol. The van der Waals surface area contributed by atoms with Crippen molar-refractivity contribution in [2.24, 2.45) is 5.92 Å². The first-order valence-electron chi connectivity index (χ1n) is 13.7. The van der Waals surface area contributed by atoms with Crippen LogP contribution in [0.2, 0.25) is 0 Å². The third kappa shape index (κ3) is 4.88. The normalized spacial score (nSPS) is 19.7. The molecule has 1 aliphatic heterocycles. The fourth-order valence-corrected chi connectivity index (χ4v) is 5.33. The lowest BCUT2D eigenvalue weighted by molar-refractivity contribution is -0.118. The predicted octanol–water partition coefficient (Wildman–Crippen LogP) is 2.67. The predicted molar refractivity (Wildman–Crippen MR) is 148 cm³/mol. The van der Waals surface area contributed by atoms with Crippen molar-refractivity contribution < 1.29 is 18.8 Å². The van der Waals surface area contributed by atoms with Crippen molar-refractivity contribution in [3.05, 3.63) is 65.5 Å². The molecule has 0 spiro atoms. The summed E-state index contributed by atoms with van der Waals surface area (Å²) in [5.41, 5.74) is 3.56. The van der Waals surface area contributed by atoms with E-state index in [1.807, 2.05) is 29.8 Å². The van der Waals surface area contributed by atoms with Gasteiger partial charge in [-0.15, -0.1) is 0 Å². The molecule has 2 atom stereocenters. The van der Waals surface area contributed by atoms with Gasteiger partial charge in [0, 0.05) is 43.2 Å². The summed E-state index contributed by atoms with van der Waals surface area (Å²) in [7, 11) is 1.66. The van der Waals surface area contributed by atoms with Crippen LogP contribution < -0.4 is 20.4 Å². The molecule has 3 aliphatic rings. The van der Waals surface area contributed by atoms with E-state index in [1.54, 1.807) is 24.2 Å². The Bertz CT molecular complexity index is 1770. The number of pyridine rings is 1. The van der Waals surface area contributed by atoms with E-state index in [4.69, 9.17) is 4.98 Å². The van der Waals surface area contributed by atoms with Crippen LogP contribution in [0.4, 0.5) is 26.6 Å². The van der Waals surface area contributed by atoms with Crippen molar-refractivity contribution in [3.8, 4) is 0 Å². The highest BCUT2D eigenvalue weighted by Gasteiger charge is 2.46. The van der Waals surface area contributed by atoms with Crippen LogP contribution in [-0.2, 0) is 16.1 Å². The first kappa shape index (κ1) is 25.9. The quantitative estimate of drug-likeness (QED) is 0.305. The summed E-state index contributed by atoms with van der Waals surface area (Å²) in [6.45, 7) is 1.98. The number of rotatable bonds is 8. The van der Waals surface area contributed by atoms with E-state index in [1.165, 1.54) is 4.90 Å². The number of halogens is 1. The number of nitrogens with one attached hydrogen (secondary N) is 2. The number of imidazole rings is 1. The van der Waals surface area contributed by atoms with E-state index in [2.05, 4.69) is 30.6 Å². The molecule has 214 valence electrons.